The Morgan fingerprint density at radius 1 is 1.10 bits per heavy atom. The molecule has 2 aromatic heterocycles. The van der Waals surface area contributed by atoms with E-state index >= 15 is 0 Å². The Bertz CT molecular complexity index is 969. The van der Waals surface area contributed by atoms with E-state index < -0.39 is 0 Å². The molecule has 1 unspecified atom stereocenters. The third kappa shape index (κ3) is 4.56. The number of anilines is 1. The van der Waals surface area contributed by atoms with Crippen LogP contribution in [0, 0.1) is 13.8 Å². The van der Waals surface area contributed by atoms with E-state index in [1.54, 1.807) is 13.2 Å². The maximum atomic E-state index is 13.4. The van der Waals surface area contributed by atoms with E-state index in [0.29, 0.717) is 28.5 Å². The molecule has 4 rings (SSSR count). The van der Waals surface area contributed by atoms with Crippen LogP contribution in [0.15, 0.2) is 6.20 Å². The number of rotatable bonds is 5. The van der Waals surface area contributed by atoms with E-state index in [9.17, 15) is 9.59 Å². The molecule has 2 fully saturated rings. The molecule has 166 valence electrons. The van der Waals surface area contributed by atoms with Crippen molar-refractivity contribution in [3.63, 3.8) is 0 Å². The fraction of sp³-hybridized carbons (Fsp3) is 0.591. The Morgan fingerprint density at radius 2 is 1.87 bits per heavy atom. The van der Waals surface area contributed by atoms with Gasteiger partial charge in [0.05, 0.1) is 23.0 Å². The van der Waals surface area contributed by atoms with Gasteiger partial charge in [0.2, 0.25) is 0 Å². The molecule has 1 saturated heterocycles. The highest BCUT2D eigenvalue weighted by atomic mass is 32.1. The number of likely N-dealkylation sites (tertiary alicyclic amines) is 1. The maximum Gasteiger partial charge on any atom is 0.266 e. The van der Waals surface area contributed by atoms with Gasteiger partial charge in [-0.15, -0.1) is 0 Å². The predicted octanol–water partition coefficient (Wildman–Crippen LogP) is 3.63. The van der Waals surface area contributed by atoms with Crippen LogP contribution in [-0.2, 0) is 0 Å². The van der Waals surface area contributed by atoms with Gasteiger partial charge in [0, 0.05) is 25.8 Å². The number of aromatic nitrogens is 3. The minimum Gasteiger partial charge on any atom is -0.365 e. The molecule has 0 aromatic carbocycles. The molecule has 1 aliphatic carbocycles. The van der Waals surface area contributed by atoms with Gasteiger partial charge in [0.1, 0.15) is 10.7 Å². The van der Waals surface area contributed by atoms with Crippen molar-refractivity contribution in [2.75, 3.05) is 18.9 Å². The highest BCUT2D eigenvalue weighted by Gasteiger charge is 2.36. The summed E-state index contributed by atoms with van der Waals surface area (Å²) in [6.07, 6.45) is 8.83. The second-order valence-corrected chi connectivity index (χ2v) is 9.36. The van der Waals surface area contributed by atoms with E-state index in [4.69, 9.17) is 0 Å². The van der Waals surface area contributed by atoms with Gasteiger partial charge in [-0.05, 0) is 39.5 Å². The Balaban J connectivity index is 1.61. The van der Waals surface area contributed by atoms with E-state index in [2.05, 4.69) is 25.6 Å². The molecule has 1 saturated carbocycles. The number of hydrogen-bond donors (Lipinski definition) is 2. The summed E-state index contributed by atoms with van der Waals surface area (Å²) < 4.78 is 0. The van der Waals surface area contributed by atoms with Gasteiger partial charge in [0.25, 0.3) is 11.8 Å². The largest absolute Gasteiger partial charge is 0.365 e. The molecular formula is C22H30N6O2S. The Hall–Kier alpha value is -2.55. The third-order valence-corrected chi connectivity index (χ3v) is 7.32. The standard InChI is InChI=1S/C22H30N6O2S/c1-13-19(31-22(23-3)25-13)21(30)28-11-7-10-17(28)18-16(12-24-14(2)26-18)20(29)27-15-8-5-4-6-9-15/h12,15,17H,4-11H2,1-3H3,(H,23,25)(H,27,29). The van der Waals surface area contributed by atoms with Crippen molar-refractivity contribution < 1.29 is 9.59 Å². The van der Waals surface area contributed by atoms with Crippen LogP contribution in [0.5, 0.6) is 0 Å². The van der Waals surface area contributed by atoms with Crippen LogP contribution in [0.1, 0.15) is 88.2 Å². The van der Waals surface area contributed by atoms with Crippen molar-refractivity contribution in [2.45, 2.75) is 70.9 Å². The second-order valence-electron chi connectivity index (χ2n) is 8.36. The molecule has 0 radical (unpaired) electrons. The van der Waals surface area contributed by atoms with E-state index in [1.165, 1.54) is 17.8 Å². The lowest BCUT2D eigenvalue weighted by molar-refractivity contribution is 0.0732. The molecule has 3 heterocycles. The van der Waals surface area contributed by atoms with Crippen molar-refractivity contribution in [1.82, 2.24) is 25.2 Å². The van der Waals surface area contributed by atoms with Gasteiger partial charge < -0.3 is 15.5 Å². The molecule has 2 N–H and O–H groups in total. The van der Waals surface area contributed by atoms with Crippen molar-refractivity contribution in [3.8, 4) is 0 Å². The predicted molar refractivity (Wildman–Crippen MR) is 121 cm³/mol. The van der Waals surface area contributed by atoms with Crippen molar-refractivity contribution in [1.29, 1.82) is 0 Å². The monoisotopic (exact) mass is 442 g/mol. The van der Waals surface area contributed by atoms with Crippen LogP contribution in [0.3, 0.4) is 0 Å². The summed E-state index contributed by atoms with van der Waals surface area (Å²) >= 11 is 1.36. The molecule has 2 aliphatic rings. The van der Waals surface area contributed by atoms with Gasteiger partial charge in [-0.25, -0.2) is 15.0 Å². The van der Waals surface area contributed by atoms with Crippen LogP contribution < -0.4 is 10.6 Å². The van der Waals surface area contributed by atoms with Crippen LogP contribution in [0.2, 0.25) is 0 Å². The first-order chi connectivity index (χ1) is 15.0. The summed E-state index contributed by atoms with van der Waals surface area (Å²) in [4.78, 5) is 42.4. The minimum absolute atomic E-state index is 0.0473. The van der Waals surface area contributed by atoms with Crippen LogP contribution in [-0.4, -0.2) is 51.3 Å². The van der Waals surface area contributed by atoms with Gasteiger partial charge in [-0.2, -0.15) is 0 Å². The molecule has 1 aliphatic heterocycles. The molecule has 0 bridgehead atoms. The molecule has 1 atom stereocenters. The van der Waals surface area contributed by atoms with Gasteiger partial charge in [-0.1, -0.05) is 30.6 Å². The lowest BCUT2D eigenvalue weighted by atomic mass is 9.95. The number of hydrogen-bond acceptors (Lipinski definition) is 7. The smallest absolute Gasteiger partial charge is 0.266 e. The second kappa shape index (κ2) is 9.30. The maximum absolute atomic E-state index is 13.4. The summed E-state index contributed by atoms with van der Waals surface area (Å²) in [6.45, 7) is 4.32. The molecule has 8 nitrogen and oxygen atoms in total. The Kier molecular flexibility index (Phi) is 6.50. The number of aryl methyl sites for hydroxylation is 2. The average molecular weight is 443 g/mol. The third-order valence-electron chi connectivity index (χ3n) is 6.16. The highest BCUT2D eigenvalue weighted by Crippen LogP contribution is 2.36. The van der Waals surface area contributed by atoms with Crippen LogP contribution in [0.25, 0.3) is 0 Å². The molecule has 31 heavy (non-hydrogen) atoms. The van der Waals surface area contributed by atoms with Gasteiger partial charge in [0.15, 0.2) is 5.13 Å². The zero-order valence-corrected chi connectivity index (χ0v) is 19.2. The van der Waals surface area contributed by atoms with E-state index in [-0.39, 0.29) is 23.9 Å². The first-order valence-electron chi connectivity index (χ1n) is 11.1. The number of carbonyl (C=O) groups excluding carboxylic acids is 2. The summed E-state index contributed by atoms with van der Waals surface area (Å²) in [5, 5.41) is 6.91. The summed E-state index contributed by atoms with van der Waals surface area (Å²) in [5.74, 6) is 0.427. The van der Waals surface area contributed by atoms with Crippen molar-refractivity contribution >= 4 is 28.3 Å². The quantitative estimate of drug-likeness (QED) is 0.733. The number of nitrogens with zero attached hydrogens (tertiary/aromatic N) is 4. The van der Waals surface area contributed by atoms with Gasteiger partial charge in [-0.3, -0.25) is 9.59 Å². The van der Waals surface area contributed by atoms with Crippen molar-refractivity contribution in [3.05, 3.63) is 33.8 Å². The van der Waals surface area contributed by atoms with E-state index in [0.717, 1.165) is 49.4 Å². The van der Waals surface area contributed by atoms with Crippen molar-refractivity contribution in [2.24, 2.45) is 0 Å². The van der Waals surface area contributed by atoms with E-state index in [1.807, 2.05) is 18.7 Å². The summed E-state index contributed by atoms with van der Waals surface area (Å²) in [6, 6.07) is -0.0302. The SMILES string of the molecule is CNc1nc(C)c(C(=O)N2CCCC2c2nc(C)ncc2C(=O)NC2CCCCC2)s1. The normalized spacial score (nSPS) is 19.5. The molecule has 9 heteroatoms. The summed E-state index contributed by atoms with van der Waals surface area (Å²) in [5.41, 5.74) is 1.86. The topological polar surface area (TPSA) is 100 Å². The number of amides is 2. The lowest BCUT2D eigenvalue weighted by Gasteiger charge is -2.27. The van der Waals surface area contributed by atoms with Gasteiger partial charge >= 0.3 is 0 Å². The Morgan fingerprint density at radius 3 is 2.58 bits per heavy atom. The minimum atomic E-state index is -0.235. The fourth-order valence-corrected chi connectivity index (χ4v) is 5.43. The average Bonchev–Trinajstić information content (AvgIpc) is 3.40. The molecule has 0 spiro atoms. The number of thiazole rings is 1. The summed E-state index contributed by atoms with van der Waals surface area (Å²) in [7, 11) is 1.80. The van der Waals surface area contributed by atoms with Crippen LogP contribution in [0.4, 0.5) is 5.13 Å². The zero-order valence-electron chi connectivity index (χ0n) is 18.4. The fourth-order valence-electron chi connectivity index (χ4n) is 4.55. The first-order valence-corrected chi connectivity index (χ1v) is 11.9. The molecule has 2 aromatic rings. The highest BCUT2D eigenvalue weighted by molar-refractivity contribution is 7.17. The van der Waals surface area contributed by atoms with Crippen LogP contribution >= 0.6 is 11.3 Å². The number of carbonyl (C=O) groups is 2. The lowest BCUT2D eigenvalue weighted by Crippen LogP contribution is -2.38. The Labute approximate surface area is 186 Å². The molecular weight excluding hydrogens is 412 g/mol. The molecule has 2 amide bonds. The first kappa shape index (κ1) is 21.7. The number of nitrogens with one attached hydrogen (secondary N) is 2. The zero-order chi connectivity index (χ0) is 22.0.